The number of halogens is 1. The first-order valence-corrected chi connectivity index (χ1v) is 8.27. The van der Waals surface area contributed by atoms with Gasteiger partial charge in [-0.3, -0.25) is 9.56 Å². The summed E-state index contributed by atoms with van der Waals surface area (Å²) in [6, 6.07) is 14.4. The summed E-state index contributed by atoms with van der Waals surface area (Å²) in [5.41, 5.74) is 2.44. The van der Waals surface area contributed by atoms with E-state index in [1.165, 1.54) is 5.56 Å². The third-order valence-electron chi connectivity index (χ3n) is 3.81. The first kappa shape index (κ1) is 19.9. The highest BCUT2D eigenvalue weighted by atomic mass is 127. The molecule has 3 rings (SSSR count). The van der Waals surface area contributed by atoms with Gasteiger partial charge in [-0.15, -0.1) is 24.0 Å². The Labute approximate surface area is 170 Å². The third kappa shape index (κ3) is 5.83. The number of aliphatic imine (C=N–C) groups is 1. The average Bonchev–Trinajstić information content (AvgIpc) is 3.20. The van der Waals surface area contributed by atoms with Gasteiger partial charge in [0, 0.05) is 38.7 Å². The standard InChI is InChI=1S/C19H22N6.HI/c1-20-19(23-10-7-16-5-3-2-4-6-16)24-14-17-8-9-22-18(13-17)25-12-11-21-15-25;/h2-6,8-9,11-13,15H,7,10,14H2,1H3,(H2,20,23,24);1H. The number of hydrogen-bond donors (Lipinski definition) is 2. The highest BCUT2D eigenvalue weighted by Crippen LogP contribution is 2.06. The van der Waals surface area contributed by atoms with Crippen molar-refractivity contribution in [2.24, 2.45) is 4.99 Å². The fourth-order valence-corrected chi connectivity index (χ4v) is 2.48. The average molecular weight is 462 g/mol. The first-order valence-electron chi connectivity index (χ1n) is 8.27. The number of rotatable bonds is 6. The molecule has 0 radical (unpaired) electrons. The molecule has 0 aliphatic carbocycles. The van der Waals surface area contributed by atoms with Gasteiger partial charge < -0.3 is 10.6 Å². The molecule has 26 heavy (non-hydrogen) atoms. The van der Waals surface area contributed by atoms with Crippen molar-refractivity contribution in [3.63, 3.8) is 0 Å². The topological polar surface area (TPSA) is 67.1 Å². The van der Waals surface area contributed by atoms with Gasteiger partial charge >= 0.3 is 0 Å². The molecule has 2 heterocycles. The van der Waals surface area contributed by atoms with Crippen LogP contribution in [-0.2, 0) is 13.0 Å². The number of pyridine rings is 1. The normalized spacial score (nSPS) is 10.9. The highest BCUT2D eigenvalue weighted by Gasteiger charge is 2.02. The summed E-state index contributed by atoms with van der Waals surface area (Å²) in [6.45, 7) is 1.51. The van der Waals surface area contributed by atoms with Crippen LogP contribution in [0.25, 0.3) is 5.82 Å². The molecule has 0 saturated carbocycles. The number of nitrogens with one attached hydrogen (secondary N) is 2. The van der Waals surface area contributed by atoms with Crippen molar-refractivity contribution >= 4 is 29.9 Å². The van der Waals surface area contributed by atoms with Crippen molar-refractivity contribution in [3.8, 4) is 5.82 Å². The van der Waals surface area contributed by atoms with Gasteiger partial charge in [-0.25, -0.2) is 9.97 Å². The van der Waals surface area contributed by atoms with Crippen LogP contribution in [-0.4, -0.2) is 34.1 Å². The van der Waals surface area contributed by atoms with E-state index in [0.29, 0.717) is 6.54 Å². The molecule has 2 N–H and O–H groups in total. The summed E-state index contributed by atoms with van der Waals surface area (Å²) in [4.78, 5) is 12.7. The quantitative estimate of drug-likeness (QED) is 0.336. The maximum atomic E-state index is 4.36. The summed E-state index contributed by atoms with van der Waals surface area (Å²) in [7, 11) is 1.78. The number of hydrogen-bond acceptors (Lipinski definition) is 3. The Kier molecular flexibility index (Phi) is 8.07. The van der Waals surface area contributed by atoms with Crippen molar-refractivity contribution in [1.29, 1.82) is 0 Å². The van der Waals surface area contributed by atoms with Gasteiger partial charge in [-0.1, -0.05) is 30.3 Å². The maximum Gasteiger partial charge on any atom is 0.191 e. The molecule has 0 spiro atoms. The molecule has 0 atom stereocenters. The zero-order chi connectivity index (χ0) is 17.3. The fourth-order valence-electron chi connectivity index (χ4n) is 2.48. The fraction of sp³-hybridized carbons (Fsp3) is 0.211. The molecule has 0 aliphatic rings. The van der Waals surface area contributed by atoms with Crippen LogP contribution in [0.2, 0.25) is 0 Å². The smallest absolute Gasteiger partial charge is 0.191 e. The summed E-state index contributed by atoms with van der Waals surface area (Å²) < 4.78 is 1.89. The number of guanidine groups is 1. The minimum Gasteiger partial charge on any atom is -0.356 e. The lowest BCUT2D eigenvalue weighted by atomic mass is 10.1. The monoisotopic (exact) mass is 462 g/mol. The number of benzene rings is 1. The van der Waals surface area contributed by atoms with Crippen molar-refractivity contribution < 1.29 is 0 Å². The minimum atomic E-state index is 0. The lowest BCUT2D eigenvalue weighted by molar-refractivity contribution is 0.793. The van der Waals surface area contributed by atoms with Crippen LogP contribution < -0.4 is 10.6 Å². The van der Waals surface area contributed by atoms with Gasteiger partial charge in [0.05, 0.1) is 0 Å². The maximum absolute atomic E-state index is 4.36. The summed E-state index contributed by atoms with van der Waals surface area (Å²) in [6.07, 6.45) is 8.12. The molecule has 0 fully saturated rings. The van der Waals surface area contributed by atoms with Gasteiger partial charge in [0.15, 0.2) is 5.96 Å². The Morgan fingerprint density at radius 2 is 1.92 bits per heavy atom. The van der Waals surface area contributed by atoms with Crippen molar-refractivity contribution in [2.45, 2.75) is 13.0 Å². The Hall–Kier alpha value is -2.42. The van der Waals surface area contributed by atoms with E-state index in [0.717, 1.165) is 30.3 Å². The lowest BCUT2D eigenvalue weighted by Crippen LogP contribution is -2.37. The molecular formula is C19H23IN6. The summed E-state index contributed by atoms with van der Waals surface area (Å²) in [5.74, 6) is 1.64. The van der Waals surface area contributed by atoms with Gasteiger partial charge in [0.1, 0.15) is 12.1 Å². The molecule has 7 heteroatoms. The van der Waals surface area contributed by atoms with Crippen molar-refractivity contribution in [2.75, 3.05) is 13.6 Å². The summed E-state index contributed by atoms with van der Waals surface area (Å²) >= 11 is 0. The van der Waals surface area contributed by atoms with Gasteiger partial charge in [-0.05, 0) is 29.7 Å². The molecule has 0 aliphatic heterocycles. The van der Waals surface area contributed by atoms with Crippen LogP contribution in [0, 0.1) is 0 Å². The SMILES string of the molecule is CN=C(NCCc1ccccc1)NCc1ccnc(-n2ccnc2)c1.I. The van der Waals surface area contributed by atoms with Crippen LogP contribution in [0.15, 0.2) is 72.4 Å². The molecular weight excluding hydrogens is 439 g/mol. The third-order valence-corrected chi connectivity index (χ3v) is 3.81. The Morgan fingerprint density at radius 3 is 2.65 bits per heavy atom. The first-order chi connectivity index (χ1) is 12.3. The molecule has 1 aromatic carbocycles. The zero-order valence-corrected chi connectivity index (χ0v) is 17.0. The Balaban J connectivity index is 0.00000243. The minimum absolute atomic E-state index is 0. The highest BCUT2D eigenvalue weighted by molar-refractivity contribution is 14.0. The van der Waals surface area contributed by atoms with E-state index in [9.17, 15) is 0 Å². The number of imidazole rings is 1. The molecule has 0 amide bonds. The second-order valence-electron chi connectivity index (χ2n) is 5.58. The number of nitrogens with zero attached hydrogens (tertiary/aromatic N) is 4. The summed E-state index contributed by atoms with van der Waals surface area (Å²) in [5, 5.41) is 6.67. The van der Waals surface area contributed by atoms with E-state index in [4.69, 9.17) is 0 Å². The zero-order valence-electron chi connectivity index (χ0n) is 14.7. The van der Waals surface area contributed by atoms with Crippen molar-refractivity contribution in [3.05, 3.63) is 78.5 Å². The molecule has 0 bridgehead atoms. The van der Waals surface area contributed by atoms with E-state index in [1.54, 1.807) is 25.8 Å². The van der Waals surface area contributed by atoms with E-state index >= 15 is 0 Å². The molecule has 3 aromatic rings. The second kappa shape index (κ2) is 10.5. The van der Waals surface area contributed by atoms with E-state index < -0.39 is 0 Å². The van der Waals surface area contributed by atoms with Gasteiger partial charge in [0.25, 0.3) is 0 Å². The second-order valence-corrected chi connectivity index (χ2v) is 5.58. The van der Waals surface area contributed by atoms with E-state index in [-0.39, 0.29) is 24.0 Å². The molecule has 136 valence electrons. The predicted octanol–water partition coefficient (Wildman–Crippen LogP) is 2.79. The lowest BCUT2D eigenvalue weighted by Gasteiger charge is -2.12. The Bertz CT molecular complexity index is 802. The predicted molar refractivity (Wildman–Crippen MR) is 115 cm³/mol. The Morgan fingerprint density at radius 1 is 1.08 bits per heavy atom. The number of aromatic nitrogens is 3. The van der Waals surface area contributed by atoms with Crippen LogP contribution in [0.1, 0.15) is 11.1 Å². The van der Waals surface area contributed by atoms with Crippen molar-refractivity contribution in [1.82, 2.24) is 25.2 Å². The van der Waals surface area contributed by atoms with Crippen LogP contribution in [0.5, 0.6) is 0 Å². The van der Waals surface area contributed by atoms with Gasteiger partial charge in [0.2, 0.25) is 0 Å². The molecule has 0 saturated heterocycles. The van der Waals surface area contributed by atoms with Crippen LogP contribution >= 0.6 is 24.0 Å². The molecule has 6 nitrogen and oxygen atoms in total. The largest absolute Gasteiger partial charge is 0.356 e. The molecule has 2 aromatic heterocycles. The molecule has 0 unspecified atom stereocenters. The van der Waals surface area contributed by atoms with Crippen LogP contribution in [0.4, 0.5) is 0 Å². The van der Waals surface area contributed by atoms with E-state index in [1.807, 2.05) is 29.0 Å². The van der Waals surface area contributed by atoms with E-state index in [2.05, 4.69) is 49.9 Å². The van der Waals surface area contributed by atoms with Crippen LogP contribution in [0.3, 0.4) is 0 Å². The van der Waals surface area contributed by atoms with Gasteiger partial charge in [-0.2, -0.15) is 0 Å².